The van der Waals surface area contributed by atoms with Gasteiger partial charge in [0.1, 0.15) is 5.52 Å². The van der Waals surface area contributed by atoms with Gasteiger partial charge in [0.15, 0.2) is 5.58 Å². The number of nitrogens with two attached hydrogens (primary N) is 1. The third-order valence-corrected chi connectivity index (χ3v) is 4.26. The van der Waals surface area contributed by atoms with E-state index in [4.69, 9.17) is 14.9 Å². The number of nitrogen functional groups attached to an aromatic ring is 1. The summed E-state index contributed by atoms with van der Waals surface area (Å²) in [6, 6.07) is 6.13. The molecular weight excluding hydrogens is 266 g/mol. The molecule has 5 heteroatoms. The molecule has 0 aliphatic heterocycles. The van der Waals surface area contributed by atoms with Crippen molar-refractivity contribution in [2.45, 2.75) is 32.4 Å². The Morgan fingerprint density at radius 3 is 3.00 bits per heavy atom. The van der Waals surface area contributed by atoms with Crippen molar-refractivity contribution in [2.24, 2.45) is 5.92 Å². The number of anilines is 1. The summed E-state index contributed by atoms with van der Waals surface area (Å²) in [5.74, 6) is 1.56. The summed E-state index contributed by atoms with van der Waals surface area (Å²) in [5.41, 5.74) is 8.11. The summed E-state index contributed by atoms with van der Waals surface area (Å²) in [5, 5.41) is 0. The van der Waals surface area contributed by atoms with Gasteiger partial charge in [0.2, 0.25) is 5.89 Å². The second kappa shape index (κ2) is 6.03. The van der Waals surface area contributed by atoms with Gasteiger partial charge in [-0.25, -0.2) is 4.98 Å². The van der Waals surface area contributed by atoms with Gasteiger partial charge in [0.05, 0.1) is 13.2 Å². The van der Waals surface area contributed by atoms with Crippen molar-refractivity contribution >= 4 is 16.8 Å². The summed E-state index contributed by atoms with van der Waals surface area (Å²) in [6.45, 7) is 4.63. The molecule has 1 saturated carbocycles. The standard InChI is InChI=1S/C16H23N3O2/c1-11(12-3-4-12)19(7-8-20-2)10-16-18-14-6-5-13(17)9-15(14)21-16/h5-6,9,11-12H,3-4,7-8,10,17H2,1-2H3. The molecule has 1 unspecified atom stereocenters. The van der Waals surface area contributed by atoms with Crippen LogP contribution in [0.15, 0.2) is 22.6 Å². The minimum absolute atomic E-state index is 0.542. The molecule has 0 radical (unpaired) electrons. The van der Waals surface area contributed by atoms with E-state index >= 15 is 0 Å². The maximum Gasteiger partial charge on any atom is 0.209 e. The lowest BCUT2D eigenvalue weighted by molar-refractivity contribution is 0.105. The van der Waals surface area contributed by atoms with Gasteiger partial charge >= 0.3 is 0 Å². The highest BCUT2D eigenvalue weighted by Crippen LogP contribution is 2.35. The molecule has 5 nitrogen and oxygen atoms in total. The summed E-state index contributed by atoms with van der Waals surface area (Å²) in [7, 11) is 1.74. The number of ether oxygens (including phenoxy) is 1. The lowest BCUT2D eigenvalue weighted by Gasteiger charge is -2.27. The molecule has 1 aromatic heterocycles. The zero-order valence-corrected chi connectivity index (χ0v) is 12.7. The molecule has 114 valence electrons. The Bertz CT molecular complexity index is 607. The van der Waals surface area contributed by atoms with Gasteiger partial charge in [-0.2, -0.15) is 0 Å². The number of hydrogen-bond donors (Lipinski definition) is 1. The third kappa shape index (κ3) is 3.36. The van der Waals surface area contributed by atoms with E-state index in [2.05, 4.69) is 16.8 Å². The molecule has 1 aliphatic rings. The molecule has 1 heterocycles. The first-order valence-electron chi connectivity index (χ1n) is 7.55. The largest absolute Gasteiger partial charge is 0.439 e. The zero-order chi connectivity index (χ0) is 14.8. The van der Waals surface area contributed by atoms with E-state index in [9.17, 15) is 0 Å². The van der Waals surface area contributed by atoms with Crippen LogP contribution >= 0.6 is 0 Å². The SMILES string of the molecule is COCCN(Cc1nc2ccc(N)cc2o1)C(C)C1CC1. The van der Waals surface area contributed by atoms with Gasteiger partial charge in [-0.05, 0) is 37.8 Å². The number of rotatable bonds is 7. The first kappa shape index (κ1) is 14.4. The highest BCUT2D eigenvalue weighted by Gasteiger charge is 2.32. The molecule has 0 saturated heterocycles. The Morgan fingerprint density at radius 2 is 2.29 bits per heavy atom. The van der Waals surface area contributed by atoms with E-state index in [-0.39, 0.29) is 0 Å². The van der Waals surface area contributed by atoms with Gasteiger partial charge in [-0.1, -0.05) is 0 Å². The summed E-state index contributed by atoms with van der Waals surface area (Å²) >= 11 is 0. The maximum atomic E-state index is 5.84. The minimum atomic E-state index is 0.542. The predicted molar refractivity (Wildman–Crippen MR) is 82.9 cm³/mol. The van der Waals surface area contributed by atoms with E-state index in [1.165, 1.54) is 12.8 Å². The third-order valence-electron chi connectivity index (χ3n) is 4.26. The van der Waals surface area contributed by atoms with Gasteiger partial charge in [-0.15, -0.1) is 0 Å². The number of nitrogens with zero attached hydrogens (tertiary/aromatic N) is 2. The average molecular weight is 289 g/mol. The Morgan fingerprint density at radius 1 is 1.48 bits per heavy atom. The van der Waals surface area contributed by atoms with Crippen molar-refractivity contribution in [3.63, 3.8) is 0 Å². The molecule has 2 aromatic rings. The highest BCUT2D eigenvalue weighted by molar-refractivity contribution is 5.76. The molecule has 0 bridgehead atoms. The van der Waals surface area contributed by atoms with Crippen LogP contribution in [0.25, 0.3) is 11.1 Å². The van der Waals surface area contributed by atoms with Crippen molar-refractivity contribution in [3.05, 3.63) is 24.1 Å². The van der Waals surface area contributed by atoms with E-state index in [1.54, 1.807) is 7.11 Å². The Kier molecular flexibility index (Phi) is 4.12. The normalized spacial score (nSPS) is 16.7. The molecule has 2 N–H and O–H groups in total. The average Bonchev–Trinajstić information content (AvgIpc) is 3.23. The van der Waals surface area contributed by atoms with E-state index in [0.717, 1.165) is 42.6 Å². The molecule has 0 amide bonds. The van der Waals surface area contributed by atoms with Crippen LogP contribution in [0.1, 0.15) is 25.7 Å². The highest BCUT2D eigenvalue weighted by atomic mass is 16.5. The second-order valence-electron chi connectivity index (χ2n) is 5.88. The van der Waals surface area contributed by atoms with E-state index in [0.29, 0.717) is 11.7 Å². The van der Waals surface area contributed by atoms with Crippen molar-refractivity contribution in [1.29, 1.82) is 0 Å². The number of benzene rings is 1. The fourth-order valence-electron chi connectivity index (χ4n) is 2.74. The van der Waals surface area contributed by atoms with Crippen LogP contribution in [0.4, 0.5) is 5.69 Å². The monoisotopic (exact) mass is 289 g/mol. The van der Waals surface area contributed by atoms with Crippen molar-refractivity contribution in [3.8, 4) is 0 Å². The minimum Gasteiger partial charge on any atom is -0.439 e. The molecule has 1 atom stereocenters. The first-order chi connectivity index (χ1) is 10.2. The molecule has 0 spiro atoms. The number of fused-ring (bicyclic) bond motifs is 1. The Balaban J connectivity index is 1.75. The van der Waals surface area contributed by atoms with Crippen LogP contribution in [0.5, 0.6) is 0 Å². The van der Waals surface area contributed by atoms with Gasteiger partial charge < -0.3 is 14.9 Å². The second-order valence-corrected chi connectivity index (χ2v) is 5.88. The fraction of sp³-hybridized carbons (Fsp3) is 0.562. The number of oxazole rings is 1. The maximum absolute atomic E-state index is 5.84. The topological polar surface area (TPSA) is 64.5 Å². The molecule has 1 fully saturated rings. The molecule has 1 aliphatic carbocycles. The predicted octanol–water partition coefficient (Wildman–Crippen LogP) is 2.66. The van der Waals surface area contributed by atoms with E-state index < -0.39 is 0 Å². The number of hydrogen-bond acceptors (Lipinski definition) is 5. The Labute approximate surface area is 125 Å². The molecule has 1 aromatic carbocycles. The van der Waals surface area contributed by atoms with Crippen LogP contribution in [0, 0.1) is 5.92 Å². The van der Waals surface area contributed by atoms with Gasteiger partial charge in [-0.3, -0.25) is 4.90 Å². The van der Waals surface area contributed by atoms with Gasteiger partial charge in [0, 0.05) is 31.5 Å². The number of methoxy groups -OCH3 is 1. The molecule has 21 heavy (non-hydrogen) atoms. The lowest BCUT2D eigenvalue weighted by Crippen LogP contribution is -2.36. The van der Waals surface area contributed by atoms with Crippen LogP contribution in [-0.2, 0) is 11.3 Å². The Hall–Kier alpha value is -1.59. The van der Waals surface area contributed by atoms with Crippen LogP contribution < -0.4 is 5.73 Å². The number of aromatic nitrogens is 1. The van der Waals surface area contributed by atoms with E-state index in [1.807, 2.05) is 18.2 Å². The molecular formula is C16H23N3O2. The summed E-state index contributed by atoms with van der Waals surface area (Å²) < 4.78 is 11.1. The fourth-order valence-corrected chi connectivity index (χ4v) is 2.74. The molecule has 3 rings (SSSR count). The quantitative estimate of drug-likeness (QED) is 0.794. The van der Waals surface area contributed by atoms with Crippen molar-refractivity contribution < 1.29 is 9.15 Å². The smallest absolute Gasteiger partial charge is 0.209 e. The van der Waals surface area contributed by atoms with Crippen molar-refractivity contribution in [2.75, 3.05) is 26.0 Å². The van der Waals surface area contributed by atoms with Crippen LogP contribution in [0.2, 0.25) is 0 Å². The lowest BCUT2D eigenvalue weighted by atomic mass is 10.2. The van der Waals surface area contributed by atoms with Gasteiger partial charge in [0.25, 0.3) is 0 Å². The van der Waals surface area contributed by atoms with Crippen molar-refractivity contribution in [1.82, 2.24) is 9.88 Å². The van der Waals surface area contributed by atoms with Crippen LogP contribution in [0.3, 0.4) is 0 Å². The first-order valence-corrected chi connectivity index (χ1v) is 7.55. The zero-order valence-electron chi connectivity index (χ0n) is 12.7. The summed E-state index contributed by atoms with van der Waals surface area (Å²) in [4.78, 5) is 6.96. The van der Waals surface area contributed by atoms with Crippen LogP contribution in [-0.4, -0.2) is 36.2 Å². The summed E-state index contributed by atoms with van der Waals surface area (Å²) in [6.07, 6.45) is 2.66.